The van der Waals surface area contributed by atoms with Crippen molar-refractivity contribution < 1.29 is 23.8 Å². The molecule has 0 amide bonds. The van der Waals surface area contributed by atoms with Gasteiger partial charge in [-0.15, -0.1) is 0 Å². The Kier molecular flexibility index (Phi) is 8.77. The maximum absolute atomic E-state index is 14.1. The lowest BCUT2D eigenvalue weighted by Gasteiger charge is -2.24. The molecule has 1 atom stereocenters. The van der Waals surface area contributed by atoms with Gasteiger partial charge in [-0.2, -0.15) is 0 Å². The quantitative estimate of drug-likeness (QED) is 0.211. The molecule has 11 heteroatoms. The Hall–Kier alpha value is -3.99. The molecule has 0 N–H and O–H groups in total. The van der Waals surface area contributed by atoms with Crippen molar-refractivity contribution >= 4 is 51.9 Å². The largest absolute Gasteiger partial charge is 0.465 e. The van der Waals surface area contributed by atoms with E-state index in [9.17, 15) is 14.4 Å². The zero-order valence-electron chi connectivity index (χ0n) is 23.7. The highest BCUT2D eigenvalue weighted by atomic mass is 35.5. The van der Waals surface area contributed by atoms with E-state index in [-0.39, 0.29) is 36.9 Å². The van der Waals surface area contributed by atoms with E-state index in [1.807, 2.05) is 41.8 Å². The number of nitrogens with zero attached hydrogens (tertiary/aromatic N) is 3. The van der Waals surface area contributed by atoms with Gasteiger partial charge in [-0.05, 0) is 50.6 Å². The van der Waals surface area contributed by atoms with Crippen LogP contribution in [0, 0.1) is 6.92 Å². The van der Waals surface area contributed by atoms with Gasteiger partial charge in [0, 0.05) is 34.3 Å². The molecule has 218 valence electrons. The fourth-order valence-corrected chi connectivity index (χ4v) is 6.30. The number of hydrogen-bond acceptors (Lipinski definition) is 8. The highest BCUT2D eigenvalue weighted by Gasteiger charge is 2.33. The van der Waals surface area contributed by atoms with Crippen LogP contribution < -0.4 is 14.9 Å². The van der Waals surface area contributed by atoms with E-state index < -0.39 is 12.0 Å². The molecule has 0 saturated heterocycles. The lowest BCUT2D eigenvalue weighted by molar-refractivity contribution is -0.144. The maximum atomic E-state index is 14.1. The second-order valence-corrected chi connectivity index (χ2v) is 11.1. The number of rotatable bonds is 9. The Bertz CT molecular complexity index is 1880. The van der Waals surface area contributed by atoms with E-state index in [0.717, 1.165) is 22.2 Å². The van der Waals surface area contributed by atoms with Gasteiger partial charge in [0.05, 0.1) is 35.1 Å². The molecule has 0 radical (unpaired) electrons. The Morgan fingerprint density at radius 1 is 1.07 bits per heavy atom. The molecule has 5 rings (SSSR count). The van der Waals surface area contributed by atoms with Crippen LogP contribution in [0.1, 0.15) is 36.7 Å². The van der Waals surface area contributed by atoms with Crippen LogP contribution in [0.2, 0.25) is 5.02 Å². The molecule has 1 aliphatic heterocycles. The molecule has 2 aromatic heterocycles. The molecule has 0 fully saturated rings. The first kappa shape index (κ1) is 29.5. The van der Waals surface area contributed by atoms with E-state index in [1.54, 1.807) is 38.1 Å². The van der Waals surface area contributed by atoms with Crippen molar-refractivity contribution in [2.45, 2.75) is 33.4 Å². The maximum Gasteiger partial charge on any atom is 0.338 e. The molecule has 42 heavy (non-hydrogen) atoms. The highest BCUT2D eigenvalue weighted by molar-refractivity contribution is 7.07. The van der Waals surface area contributed by atoms with Crippen molar-refractivity contribution in [2.75, 3.05) is 26.9 Å². The second-order valence-electron chi connectivity index (χ2n) is 9.67. The van der Waals surface area contributed by atoms with Gasteiger partial charge >= 0.3 is 11.9 Å². The molecule has 3 heterocycles. The molecule has 0 spiro atoms. The molecule has 4 aromatic rings. The SMILES string of the molecule is CCOC(=O)Cn1c(C)c(C=c2sc3n(c2=O)C(c2ccc(Cl)cc2)C(C(=O)OCCOC)=C(C)N=3)c2ccccc21. The van der Waals surface area contributed by atoms with Crippen LogP contribution in [-0.4, -0.2) is 48.0 Å². The molecule has 0 saturated carbocycles. The second kappa shape index (κ2) is 12.5. The molecule has 1 unspecified atom stereocenters. The number of thiazole rings is 1. The Labute approximate surface area is 250 Å². The molecular weight excluding hydrogens is 578 g/mol. The highest BCUT2D eigenvalue weighted by Crippen LogP contribution is 2.32. The summed E-state index contributed by atoms with van der Waals surface area (Å²) < 4.78 is 19.6. The van der Waals surface area contributed by atoms with Gasteiger partial charge in [-0.1, -0.05) is 53.3 Å². The summed E-state index contributed by atoms with van der Waals surface area (Å²) in [6.07, 6.45) is 1.83. The van der Waals surface area contributed by atoms with E-state index in [0.29, 0.717) is 32.2 Å². The number of aromatic nitrogens is 2. The summed E-state index contributed by atoms with van der Waals surface area (Å²) in [4.78, 5) is 44.9. The van der Waals surface area contributed by atoms with Crippen LogP contribution >= 0.6 is 22.9 Å². The van der Waals surface area contributed by atoms with Gasteiger partial charge in [-0.25, -0.2) is 9.79 Å². The summed E-state index contributed by atoms with van der Waals surface area (Å²) in [5, 5.41) is 1.43. The van der Waals surface area contributed by atoms with Crippen LogP contribution in [0.4, 0.5) is 0 Å². The Balaban J connectivity index is 1.68. The Morgan fingerprint density at radius 2 is 1.81 bits per heavy atom. The van der Waals surface area contributed by atoms with Crippen LogP contribution in [0.15, 0.2) is 69.6 Å². The van der Waals surface area contributed by atoms with Crippen LogP contribution in [-0.2, 0) is 30.3 Å². The summed E-state index contributed by atoms with van der Waals surface area (Å²) in [5.74, 6) is -0.906. The van der Waals surface area contributed by atoms with Crippen molar-refractivity contribution in [1.82, 2.24) is 9.13 Å². The van der Waals surface area contributed by atoms with E-state index >= 15 is 0 Å². The number of halogens is 1. The first-order valence-electron chi connectivity index (χ1n) is 13.4. The molecular formula is C31H30ClN3O6S. The monoisotopic (exact) mass is 607 g/mol. The van der Waals surface area contributed by atoms with E-state index in [2.05, 4.69) is 4.99 Å². The summed E-state index contributed by atoms with van der Waals surface area (Å²) >= 11 is 7.40. The first-order chi connectivity index (χ1) is 20.2. The normalized spacial score (nSPS) is 15.1. The minimum absolute atomic E-state index is 0.0551. The lowest BCUT2D eigenvalue weighted by Crippen LogP contribution is -2.40. The number of para-hydroxylation sites is 1. The number of allylic oxidation sites excluding steroid dienone is 1. The molecule has 2 aromatic carbocycles. The first-order valence-corrected chi connectivity index (χ1v) is 14.6. The number of ether oxygens (including phenoxy) is 3. The topological polar surface area (TPSA) is 101 Å². The third kappa shape index (κ3) is 5.57. The van der Waals surface area contributed by atoms with Crippen LogP contribution in [0.5, 0.6) is 0 Å². The predicted molar refractivity (Wildman–Crippen MR) is 161 cm³/mol. The number of carbonyl (C=O) groups excluding carboxylic acids is 2. The minimum Gasteiger partial charge on any atom is -0.465 e. The van der Waals surface area contributed by atoms with Gasteiger partial charge in [0.15, 0.2) is 4.80 Å². The number of fused-ring (bicyclic) bond motifs is 2. The van der Waals surface area contributed by atoms with Gasteiger partial charge < -0.3 is 18.8 Å². The average Bonchev–Trinajstić information content (AvgIpc) is 3.41. The van der Waals surface area contributed by atoms with Crippen LogP contribution in [0.25, 0.3) is 17.0 Å². The van der Waals surface area contributed by atoms with Gasteiger partial charge in [0.1, 0.15) is 13.2 Å². The van der Waals surface area contributed by atoms with Crippen molar-refractivity contribution in [2.24, 2.45) is 4.99 Å². The standard InChI is InChI=1S/C31H30ClN3O6S/c1-5-40-26(36)17-34-19(3)23(22-8-6-7-9-24(22)34)16-25-29(37)35-28(20-10-12-21(32)13-11-20)27(18(2)33-31(35)42-25)30(38)41-15-14-39-4/h6-13,16,28H,5,14-15,17H2,1-4H3. The number of hydrogen-bond donors (Lipinski definition) is 0. The number of benzene rings is 2. The fraction of sp³-hybridized carbons (Fsp3) is 0.290. The summed E-state index contributed by atoms with van der Waals surface area (Å²) in [6, 6.07) is 14.0. The van der Waals surface area contributed by atoms with Gasteiger partial charge in [0.2, 0.25) is 0 Å². The lowest BCUT2D eigenvalue weighted by atomic mass is 9.96. The van der Waals surface area contributed by atoms with Crippen molar-refractivity contribution in [3.63, 3.8) is 0 Å². The van der Waals surface area contributed by atoms with E-state index in [4.69, 9.17) is 25.8 Å². The molecule has 0 aliphatic carbocycles. The smallest absolute Gasteiger partial charge is 0.338 e. The van der Waals surface area contributed by atoms with Crippen molar-refractivity contribution in [3.05, 3.63) is 101 Å². The fourth-order valence-electron chi connectivity index (χ4n) is 5.15. The Morgan fingerprint density at radius 3 is 2.52 bits per heavy atom. The molecule has 1 aliphatic rings. The predicted octanol–water partition coefficient (Wildman–Crippen LogP) is 3.90. The van der Waals surface area contributed by atoms with Crippen molar-refractivity contribution in [3.8, 4) is 0 Å². The summed E-state index contributed by atoms with van der Waals surface area (Å²) in [5.41, 5.74) is 3.64. The van der Waals surface area contributed by atoms with Gasteiger partial charge in [0.25, 0.3) is 5.56 Å². The number of carbonyl (C=O) groups is 2. The van der Waals surface area contributed by atoms with Crippen LogP contribution in [0.3, 0.4) is 0 Å². The zero-order chi connectivity index (χ0) is 30.0. The minimum atomic E-state index is -0.762. The number of methoxy groups -OCH3 is 1. The third-order valence-electron chi connectivity index (χ3n) is 7.10. The van der Waals surface area contributed by atoms with Gasteiger partial charge in [-0.3, -0.25) is 14.2 Å². The third-order valence-corrected chi connectivity index (χ3v) is 8.33. The average molecular weight is 608 g/mol. The summed E-state index contributed by atoms with van der Waals surface area (Å²) in [7, 11) is 1.52. The number of esters is 2. The van der Waals surface area contributed by atoms with E-state index in [1.165, 1.54) is 23.0 Å². The summed E-state index contributed by atoms with van der Waals surface area (Å²) in [6.45, 7) is 6.08. The molecule has 9 nitrogen and oxygen atoms in total. The zero-order valence-corrected chi connectivity index (χ0v) is 25.3. The molecule has 0 bridgehead atoms. The van der Waals surface area contributed by atoms with Crippen molar-refractivity contribution in [1.29, 1.82) is 0 Å².